The lowest BCUT2D eigenvalue weighted by atomic mass is 10.0. The second-order valence-corrected chi connectivity index (χ2v) is 6.18. The number of nitrogens with two attached hydrogens (primary N) is 1. The van der Waals surface area contributed by atoms with Crippen LogP contribution in [0.3, 0.4) is 0 Å². The Morgan fingerprint density at radius 2 is 2.00 bits per heavy atom. The Bertz CT molecular complexity index is 818. The maximum Gasteiger partial charge on any atom is 0.271 e. The molecule has 1 amide bonds. The van der Waals surface area contributed by atoms with Gasteiger partial charge >= 0.3 is 0 Å². The van der Waals surface area contributed by atoms with Gasteiger partial charge in [-0.05, 0) is 29.3 Å². The molecule has 0 saturated heterocycles. The predicted molar refractivity (Wildman–Crippen MR) is 97.3 cm³/mol. The van der Waals surface area contributed by atoms with E-state index >= 15 is 0 Å². The van der Waals surface area contributed by atoms with E-state index in [1.165, 1.54) is 16.7 Å². The molecule has 1 aromatic heterocycles. The topological polar surface area (TPSA) is 68.0 Å². The summed E-state index contributed by atoms with van der Waals surface area (Å²) in [7, 11) is 0. The molecule has 0 unspecified atom stereocenters. The molecule has 1 atom stereocenters. The normalized spacial score (nSPS) is 11.7. The van der Waals surface area contributed by atoms with Crippen LogP contribution >= 0.6 is 23.7 Å². The first kappa shape index (κ1) is 17.4. The minimum absolute atomic E-state index is 0. The Labute approximate surface area is 145 Å². The van der Waals surface area contributed by atoms with Crippen LogP contribution in [-0.2, 0) is 0 Å². The lowest BCUT2D eigenvalue weighted by Crippen LogP contribution is -2.33. The van der Waals surface area contributed by atoms with Crippen LogP contribution in [0.25, 0.3) is 10.8 Å². The third-order valence-electron chi connectivity index (χ3n) is 3.57. The van der Waals surface area contributed by atoms with E-state index in [4.69, 9.17) is 5.73 Å². The van der Waals surface area contributed by atoms with Crippen molar-refractivity contribution in [2.24, 2.45) is 5.73 Å². The number of rotatable bonds is 4. The number of nitrogens with one attached hydrogen (secondary N) is 1. The van der Waals surface area contributed by atoms with Crippen LogP contribution in [0.15, 0.2) is 47.8 Å². The summed E-state index contributed by atoms with van der Waals surface area (Å²) in [5.74, 6) is -0.187. The molecule has 0 aliphatic heterocycles. The maximum atomic E-state index is 12.2. The standard InChI is InChI=1S/C17H17N3OS.ClH/c1-11-19-16(10-22-11)17(21)20-15(9-18)14-7-6-12-4-2-3-5-13(12)8-14;/h2-8,10,15H,9,18H2,1H3,(H,20,21);1H/t15-;/m0./s1. The van der Waals surface area contributed by atoms with Crippen LogP contribution in [0, 0.1) is 6.92 Å². The number of benzene rings is 2. The second-order valence-electron chi connectivity index (χ2n) is 5.12. The van der Waals surface area contributed by atoms with E-state index < -0.39 is 0 Å². The van der Waals surface area contributed by atoms with Gasteiger partial charge in [0.1, 0.15) is 5.69 Å². The zero-order valence-corrected chi connectivity index (χ0v) is 14.3. The summed E-state index contributed by atoms with van der Waals surface area (Å²) < 4.78 is 0. The highest BCUT2D eigenvalue weighted by atomic mass is 35.5. The molecule has 0 aliphatic rings. The van der Waals surface area contributed by atoms with E-state index in [2.05, 4.69) is 28.5 Å². The fraction of sp³-hybridized carbons (Fsp3) is 0.176. The zero-order chi connectivity index (χ0) is 15.5. The molecule has 4 nitrogen and oxygen atoms in total. The fourth-order valence-electron chi connectivity index (χ4n) is 2.40. The smallest absolute Gasteiger partial charge is 0.271 e. The Morgan fingerprint density at radius 1 is 1.26 bits per heavy atom. The quantitative estimate of drug-likeness (QED) is 0.759. The van der Waals surface area contributed by atoms with Crippen molar-refractivity contribution in [2.75, 3.05) is 6.54 Å². The van der Waals surface area contributed by atoms with E-state index in [0.29, 0.717) is 12.2 Å². The Hall–Kier alpha value is -1.95. The van der Waals surface area contributed by atoms with Crippen molar-refractivity contribution in [3.05, 3.63) is 64.1 Å². The molecule has 6 heteroatoms. The molecule has 3 aromatic rings. The van der Waals surface area contributed by atoms with Crippen LogP contribution in [0.1, 0.15) is 27.1 Å². The number of hydrogen-bond donors (Lipinski definition) is 2. The van der Waals surface area contributed by atoms with Crippen LogP contribution in [0.5, 0.6) is 0 Å². The molecule has 1 heterocycles. The highest BCUT2D eigenvalue weighted by Gasteiger charge is 2.16. The molecule has 0 fully saturated rings. The minimum Gasteiger partial charge on any atom is -0.343 e. The van der Waals surface area contributed by atoms with Gasteiger partial charge in [0, 0.05) is 11.9 Å². The number of thiazole rings is 1. The first-order chi connectivity index (χ1) is 10.7. The molecule has 2 aromatic carbocycles. The first-order valence-electron chi connectivity index (χ1n) is 7.09. The minimum atomic E-state index is -0.223. The number of carbonyl (C=O) groups excluding carboxylic acids is 1. The molecule has 0 radical (unpaired) electrons. The zero-order valence-electron chi connectivity index (χ0n) is 12.7. The Balaban J connectivity index is 0.00000192. The number of carbonyl (C=O) groups is 1. The second kappa shape index (κ2) is 7.55. The summed E-state index contributed by atoms with van der Waals surface area (Å²) in [6, 6.07) is 14.0. The van der Waals surface area contributed by atoms with E-state index in [-0.39, 0.29) is 24.4 Å². The van der Waals surface area contributed by atoms with Crippen molar-refractivity contribution < 1.29 is 4.79 Å². The summed E-state index contributed by atoms with van der Waals surface area (Å²) in [5, 5.41) is 7.90. The summed E-state index contributed by atoms with van der Waals surface area (Å²) in [6.07, 6.45) is 0. The number of aryl methyl sites for hydroxylation is 1. The molecule has 3 N–H and O–H groups in total. The fourth-order valence-corrected chi connectivity index (χ4v) is 3.00. The highest BCUT2D eigenvalue weighted by molar-refractivity contribution is 7.09. The molecule has 0 saturated carbocycles. The van der Waals surface area contributed by atoms with Crippen molar-refractivity contribution in [3.63, 3.8) is 0 Å². The number of amides is 1. The van der Waals surface area contributed by atoms with E-state index in [1.807, 2.05) is 31.2 Å². The monoisotopic (exact) mass is 347 g/mol. The van der Waals surface area contributed by atoms with Crippen LogP contribution in [0.2, 0.25) is 0 Å². The van der Waals surface area contributed by atoms with E-state index in [9.17, 15) is 4.79 Å². The SMILES string of the molecule is Cc1nc(C(=O)N[C@@H](CN)c2ccc3ccccc3c2)cs1.Cl. The highest BCUT2D eigenvalue weighted by Crippen LogP contribution is 2.20. The largest absolute Gasteiger partial charge is 0.343 e. The molecule has 3 rings (SSSR count). The van der Waals surface area contributed by atoms with Crippen molar-refractivity contribution in [3.8, 4) is 0 Å². The number of nitrogens with zero attached hydrogens (tertiary/aromatic N) is 1. The average Bonchev–Trinajstić information content (AvgIpc) is 2.98. The summed E-state index contributed by atoms with van der Waals surface area (Å²) in [5.41, 5.74) is 7.30. The average molecular weight is 348 g/mol. The molecule has 23 heavy (non-hydrogen) atoms. The number of fused-ring (bicyclic) bond motifs is 1. The van der Waals surface area contributed by atoms with Crippen molar-refractivity contribution >= 4 is 40.4 Å². The van der Waals surface area contributed by atoms with Gasteiger partial charge in [-0.15, -0.1) is 23.7 Å². The predicted octanol–water partition coefficient (Wildman–Crippen LogP) is 3.46. The molecular weight excluding hydrogens is 330 g/mol. The van der Waals surface area contributed by atoms with Gasteiger partial charge in [-0.1, -0.05) is 36.4 Å². The van der Waals surface area contributed by atoms with Gasteiger partial charge < -0.3 is 11.1 Å². The number of hydrogen-bond acceptors (Lipinski definition) is 4. The molecule has 120 valence electrons. The van der Waals surface area contributed by atoms with E-state index in [0.717, 1.165) is 16.0 Å². The first-order valence-corrected chi connectivity index (χ1v) is 7.97. The lowest BCUT2D eigenvalue weighted by molar-refractivity contribution is 0.0933. The van der Waals surface area contributed by atoms with Gasteiger partial charge in [-0.2, -0.15) is 0 Å². The van der Waals surface area contributed by atoms with Gasteiger partial charge in [0.05, 0.1) is 11.0 Å². The third kappa shape index (κ3) is 3.88. The lowest BCUT2D eigenvalue weighted by Gasteiger charge is -2.17. The van der Waals surface area contributed by atoms with Crippen molar-refractivity contribution in [1.29, 1.82) is 0 Å². The van der Waals surface area contributed by atoms with Crippen LogP contribution in [0.4, 0.5) is 0 Å². The number of halogens is 1. The van der Waals surface area contributed by atoms with Crippen molar-refractivity contribution in [2.45, 2.75) is 13.0 Å². The number of aromatic nitrogens is 1. The van der Waals surface area contributed by atoms with Gasteiger partial charge in [0.2, 0.25) is 0 Å². The molecule has 0 spiro atoms. The van der Waals surface area contributed by atoms with Gasteiger partial charge in [-0.25, -0.2) is 4.98 Å². The maximum absolute atomic E-state index is 12.2. The summed E-state index contributed by atoms with van der Waals surface area (Å²) in [6.45, 7) is 2.22. The Morgan fingerprint density at radius 3 is 2.65 bits per heavy atom. The summed E-state index contributed by atoms with van der Waals surface area (Å²) >= 11 is 1.46. The van der Waals surface area contributed by atoms with Gasteiger partial charge in [0.25, 0.3) is 5.91 Å². The van der Waals surface area contributed by atoms with Crippen LogP contribution < -0.4 is 11.1 Å². The Kier molecular flexibility index (Phi) is 5.71. The molecule has 0 bridgehead atoms. The van der Waals surface area contributed by atoms with Crippen molar-refractivity contribution in [1.82, 2.24) is 10.3 Å². The van der Waals surface area contributed by atoms with Crippen LogP contribution in [-0.4, -0.2) is 17.4 Å². The van der Waals surface area contributed by atoms with Gasteiger partial charge in [-0.3, -0.25) is 4.79 Å². The van der Waals surface area contributed by atoms with E-state index in [1.54, 1.807) is 5.38 Å². The molecule has 0 aliphatic carbocycles. The summed E-state index contributed by atoms with van der Waals surface area (Å²) in [4.78, 5) is 16.4. The third-order valence-corrected chi connectivity index (χ3v) is 4.34. The molecular formula is C17H18ClN3OS. The van der Waals surface area contributed by atoms with Gasteiger partial charge in [0.15, 0.2) is 0 Å².